The lowest BCUT2D eigenvalue weighted by molar-refractivity contribution is 0.170. The highest BCUT2D eigenvalue weighted by atomic mass is 16.5. The first-order valence-electron chi connectivity index (χ1n) is 9.85. The average molecular weight is 385 g/mol. The van der Waals surface area contributed by atoms with Crippen molar-refractivity contribution < 1.29 is 14.6 Å². The molecule has 0 aliphatic carbocycles. The van der Waals surface area contributed by atoms with Gasteiger partial charge in [-0.05, 0) is 63.9 Å². The molecule has 5 nitrogen and oxygen atoms in total. The maximum absolute atomic E-state index is 11.4. The van der Waals surface area contributed by atoms with E-state index in [-0.39, 0.29) is 12.5 Å². The molecule has 0 aliphatic heterocycles. The molecule has 0 bridgehead atoms. The van der Waals surface area contributed by atoms with Gasteiger partial charge in [0.2, 0.25) is 0 Å². The van der Waals surface area contributed by atoms with Crippen LogP contribution in [0.15, 0.2) is 48.5 Å². The zero-order valence-electron chi connectivity index (χ0n) is 17.3. The van der Waals surface area contributed by atoms with Crippen LogP contribution in [-0.2, 0) is 6.61 Å². The summed E-state index contributed by atoms with van der Waals surface area (Å²) < 4.78 is 5.29. The van der Waals surface area contributed by atoms with Gasteiger partial charge < -0.3 is 15.6 Å². The van der Waals surface area contributed by atoms with Crippen molar-refractivity contribution in [1.82, 2.24) is 4.90 Å². The molecule has 2 aromatic rings. The van der Waals surface area contributed by atoms with E-state index < -0.39 is 6.09 Å². The first kappa shape index (κ1) is 21.9. The highest BCUT2D eigenvalue weighted by Gasteiger charge is 2.23. The van der Waals surface area contributed by atoms with Crippen LogP contribution in [0.2, 0.25) is 0 Å². The van der Waals surface area contributed by atoms with E-state index in [1.54, 1.807) is 12.1 Å². The molecule has 0 radical (unpaired) electrons. The maximum atomic E-state index is 11.4. The van der Waals surface area contributed by atoms with Crippen LogP contribution < -0.4 is 10.5 Å². The summed E-state index contributed by atoms with van der Waals surface area (Å²) in [7, 11) is 0. The highest BCUT2D eigenvalue weighted by Crippen LogP contribution is 2.36. The zero-order valence-corrected chi connectivity index (χ0v) is 17.3. The molecule has 2 rings (SSSR count). The SMILES string of the molecule is CC(C)N(CCC(c1ccccc1)c1cc(CO)ccc1OC(N)=O)C(C)C. The number of primary amides is 1. The summed E-state index contributed by atoms with van der Waals surface area (Å²) in [5.74, 6) is 0.459. The number of carbonyl (C=O) groups is 1. The van der Waals surface area contributed by atoms with Crippen molar-refractivity contribution in [3.63, 3.8) is 0 Å². The first-order valence-corrected chi connectivity index (χ1v) is 9.85. The number of hydrogen-bond donors (Lipinski definition) is 2. The Morgan fingerprint density at radius 2 is 1.71 bits per heavy atom. The van der Waals surface area contributed by atoms with Gasteiger partial charge in [0.15, 0.2) is 0 Å². The molecule has 5 heteroatoms. The van der Waals surface area contributed by atoms with Gasteiger partial charge >= 0.3 is 6.09 Å². The molecule has 0 fully saturated rings. The number of nitrogens with zero attached hydrogens (tertiary/aromatic N) is 1. The fraction of sp³-hybridized carbons (Fsp3) is 0.435. The highest BCUT2D eigenvalue weighted by molar-refractivity contribution is 5.69. The third-order valence-electron chi connectivity index (χ3n) is 5.05. The number of hydrogen-bond acceptors (Lipinski definition) is 4. The molecule has 0 saturated heterocycles. The van der Waals surface area contributed by atoms with Crippen LogP contribution in [0.5, 0.6) is 5.75 Å². The smallest absolute Gasteiger partial charge is 0.409 e. The zero-order chi connectivity index (χ0) is 20.7. The predicted octanol–water partition coefficient (Wildman–Crippen LogP) is 4.28. The molecule has 0 saturated carbocycles. The van der Waals surface area contributed by atoms with Gasteiger partial charge in [0, 0.05) is 23.6 Å². The molecule has 0 heterocycles. The van der Waals surface area contributed by atoms with Crippen LogP contribution in [0, 0.1) is 0 Å². The van der Waals surface area contributed by atoms with Crippen molar-refractivity contribution in [3.8, 4) is 5.75 Å². The molecule has 1 unspecified atom stereocenters. The van der Waals surface area contributed by atoms with E-state index in [1.807, 2.05) is 24.3 Å². The number of nitrogens with two attached hydrogens (primary N) is 1. The van der Waals surface area contributed by atoms with E-state index in [9.17, 15) is 9.90 Å². The standard InChI is InChI=1S/C23H32N2O3/c1-16(2)25(17(3)4)13-12-20(19-8-6-5-7-9-19)21-14-18(15-26)10-11-22(21)28-23(24)27/h5-11,14,16-17,20,26H,12-13,15H2,1-4H3,(H2,24,27). The van der Waals surface area contributed by atoms with Gasteiger partial charge in [-0.3, -0.25) is 4.90 Å². The van der Waals surface area contributed by atoms with Gasteiger partial charge in [-0.15, -0.1) is 0 Å². The molecule has 3 N–H and O–H groups in total. The van der Waals surface area contributed by atoms with Gasteiger partial charge in [0.05, 0.1) is 6.61 Å². The summed E-state index contributed by atoms with van der Waals surface area (Å²) in [5.41, 5.74) is 8.06. The fourth-order valence-corrected chi connectivity index (χ4v) is 3.75. The van der Waals surface area contributed by atoms with Crippen LogP contribution in [0.3, 0.4) is 0 Å². The van der Waals surface area contributed by atoms with Crippen molar-refractivity contribution in [2.45, 2.75) is 58.7 Å². The number of benzene rings is 2. The number of aliphatic hydroxyl groups excluding tert-OH is 1. The normalized spacial score (nSPS) is 12.6. The molecule has 28 heavy (non-hydrogen) atoms. The topological polar surface area (TPSA) is 75.8 Å². The van der Waals surface area contributed by atoms with Gasteiger partial charge in [0.1, 0.15) is 5.75 Å². The second kappa shape index (κ2) is 10.2. The summed E-state index contributed by atoms with van der Waals surface area (Å²) >= 11 is 0. The molecule has 0 aromatic heterocycles. The summed E-state index contributed by atoms with van der Waals surface area (Å²) in [4.78, 5) is 13.9. The third-order valence-corrected chi connectivity index (χ3v) is 5.05. The Bertz CT molecular complexity index is 752. The number of carbonyl (C=O) groups excluding carboxylic acids is 1. The van der Waals surface area contributed by atoms with Gasteiger partial charge in [-0.1, -0.05) is 36.4 Å². The largest absolute Gasteiger partial charge is 0.410 e. The van der Waals surface area contributed by atoms with Gasteiger partial charge in [0.25, 0.3) is 0 Å². The van der Waals surface area contributed by atoms with E-state index in [4.69, 9.17) is 10.5 Å². The summed E-state index contributed by atoms with van der Waals surface area (Å²) in [6.45, 7) is 9.62. The van der Waals surface area contributed by atoms with Gasteiger partial charge in [-0.2, -0.15) is 0 Å². The van der Waals surface area contributed by atoms with Crippen LogP contribution in [-0.4, -0.2) is 34.7 Å². The first-order chi connectivity index (χ1) is 13.3. The van der Waals surface area contributed by atoms with Crippen molar-refractivity contribution in [3.05, 3.63) is 65.2 Å². The lowest BCUT2D eigenvalue weighted by atomic mass is 9.86. The Balaban J connectivity index is 2.46. The molecular weight excluding hydrogens is 352 g/mol. The molecule has 152 valence electrons. The molecule has 2 aromatic carbocycles. The van der Waals surface area contributed by atoms with E-state index >= 15 is 0 Å². The monoisotopic (exact) mass is 384 g/mol. The average Bonchev–Trinajstić information content (AvgIpc) is 2.65. The number of ether oxygens (including phenoxy) is 1. The lowest BCUT2D eigenvalue weighted by Gasteiger charge is -2.32. The van der Waals surface area contributed by atoms with Crippen LogP contribution in [0.4, 0.5) is 4.79 Å². The quantitative estimate of drug-likeness (QED) is 0.677. The molecule has 0 aliphatic rings. The Kier molecular flexibility index (Phi) is 8.03. The van der Waals surface area contributed by atoms with E-state index in [2.05, 4.69) is 44.7 Å². The fourth-order valence-electron chi connectivity index (χ4n) is 3.75. The maximum Gasteiger partial charge on any atom is 0.409 e. The summed E-state index contributed by atoms with van der Waals surface area (Å²) in [5, 5.41) is 9.61. The minimum atomic E-state index is -0.837. The van der Waals surface area contributed by atoms with E-state index in [0.717, 1.165) is 29.7 Å². The third kappa shape index (κ3) is 5.81. The van der Waals surface area contributed by atoms with Crippen LogP contribution in [0.1, 0.15) is 56.7 Å². The van der Waals surface area contributed by atoms with Crippen molar-refractivity contribution in [2.75, 3.05) is 6.54 Å². The van der Waals surface area contributed by atoms with Crippen molar-refractivity contribution in [1.29, 1.82) is 0 Å². The van der Waals surface area contributed by atoms with E-state index in [0.29, 0.717) is 17.8 Å². The van der Waals surface area contributed by atoms with Crippen molar-refractivity contribution in [2.24, 2.45) is 5.73 Å². The van der Waals surface area contributed by atoms with Crippen LogP contribution >= 0.6 is 0 Å². The number of aliphatic hydroxyl groups is 1. The second-order valence-corrected chi connectivity index (χ2v) is 7.63. The van der Waals surface area contributed by atoms with E-state index in [1.165, 1.54) is 0 Å². The summed E-state index contributed by atoms with van der Waals surface area (Å²) in [6.07, 6.45) is 0.0143. The number of rotatable bonds is 9. The lowest BCUT2D eigenvalue weighted by Crippen LogP contribution is -2.38. The van der Waals surface area contributed by atoms with Crippen molar-refractivity contribution >= 4 is 6.09 Å². The minimum absolute atomic E-state index is 0.0158. The molecule has 1 atom stereocenters. The number of amides is 1. The Morgan fingerprint density at radius 3 is 2.25 bits per heavy atom. The molecule has 0 spiro atoms. The summed E-state index contributed by atoms with van der Waals surface area (Å²) in [6, 6.07) is 16.4. The van der Waals surface area contributed by atoms with Gasteiger partial charge in [-0.25, -0.2) is 4.79 Å². The molecular formula is C23H32N2O3. The van der Waals surface area contributed by atoms with Crippen LogP contribution in [0.25, 0.3) is 0 Å². The Labute approximate surface area is 168 Å². The Hall–Kier alpha value is -2.37. The Morgan fingerprint density at radius 1 is 1.07 bits per heavy atom. The predicted molar refractivity (Wildman–Crippen MR) is 112 cm³/mol. The molecule has 1 amide bonds. The second-order valence-electron chi connectivity index (χ2n) is 7.63. The minimum Gasteiger partial charge on any atom is -0.410 e.